The third kappa shape index (κ3) is 3.14. The molecular weight excluding hydrogens is 286 g/mol. The van der Waals surface area contributed by atoms with Crippen LogP contribution in [0.3, 0.4) is 0 Å². The highest BCUT2D eigenvalue weighted by atomic mass is 32.2. The minimum Gasteiger partial charge on any atom is -0.497 e. The van der Waals surface area contributed by atoms with Gasteiger partial charge in [-0.1, -0.05) is 6.08 Å². The number of hydrogen-bond donors (Lipinski definition) is 0. The Kier molecular flexibility index (Phi) is 4.44. The summed E-state index contributed by atoms with van der Waals surface area (Å²) >= 11 is 0. The molecule has 0 amide bonds. The number of rotatable bonds is 5. The van der Waals surface area contributed by atoms with Crippen LogP contribution in [0.2, 0.25) is 0 Å². The van der Waals surface area contributed by atoms with Crippen LogP contribution in [0.25, 0.3) is 0 Å². The summed E-state index contributed by atoms with van der Waals surface area (Å²) < 4.78 is 24.9. The highest BCUT2D eigenvalue weighted by molar-refractivity contribution is 7.84. The second-order valence-electron chi connectivity index (χ2n) is 6.04. The van der Waals surface area contributed by atoms with Gasteiger partial charge in [0.2, 0.25) is 0 Å². The molecule has 0 radical (unpaired) electrons. The fraction of sp³-hybridized carbons (Fsp3) is 0.500. The van der Waals surface area contributed by atoms with Gasteiger partial charge in [0.25, 0.3) is 0 Å². The lowest BCUT2D eigenvalue weighted by molar-refractivity contribution is 0.393. The molecule has 1 aliphatic heterocycles. The van der Waals surface area contributed by atoms with E-state index in [4.69, 9.17) is 9.47 Å². The van der Waals surface area contributed by atoms with Crippen LogP contribution in [-0.2, 0) is 11.0 Å². The van der Waals surface area contributed by atoms with Crippen LogP contribution >= 0.6 is 0 Å². The molecule has 0 N–H and O–H groups in total. The summed E-state index contributed by atoms with van der Waals surface area (Å²) in [5, 5.41) is 0. The smallest absolute Gasteiger partial charge is 0.122 e. The molecule has 5 heteroatoms. The van der Waals surface area contributed by atoms with Gasteiger partial charge >= 0.3 is 0 Å². The molecule has 1 saturated heterocycles. The number of methoxy groups -OCH3 is 2. The van der Waals surface area contributed by atoms with Gasteiger partial charge in [0, 0.05) is 6.07 Å². The van der Waals surface area contributed by atoms with Gasteiger partial charge in [0.15, 0.2) is 0 Å². The van der Waals surface area contributed by atoms with E-state index in [-0.39, 0.29) is 16.8 Å². The average Bonchev–Trinajstić information content (AvgIpc) is 3.18. The number of nitrogens with zero attached hydrogens (tertiary/aromatic N) is 1. The molecule has 1 heterocycles. The Hall–Kier alpha value is -1.33. The van der Waals surface area contributed by atoms with Gasteiger partial charge in [-0.15, -0.1) is 6.58 Å². The van der Waals surface area contributed by atoms with E-state index in [0.29, 0.717) is 0 Å². The van der Waals surface area contributed by atoms with Gasteiger partial charge in [0.05, 0.1) is 31.1 Å². The van der Waals surface area contributed by atoms with E-state index < -0.39 is 11.0 Å². The molecule has 116 valence electrons. The Morgan fingerprint density at radius 2 is 1.71 bits per heavy atom. The predicted octanol–water partition coefficient (Wildman–Crippen LogP) is 3.08. The Morgan fingerprint density at radius 1 is 1.19 bits per heavy atom. The first kappa shape index (κ1) is 16.0. The summed E-state index contributed by atoms with van der Waals surface area (Å²) in [7, 11) is 2.18. The number of ether oxygens (including phenoxy) is 2. The predicted molar refractivity (Wildman–Crippen MR) is 86.0 cm³/mol. The summed E-state index contributed by atoms with van der Waals surface area (Å²) in [6, 6.07) is 5.90. The van der Waals surface area contributed by atoms with Crippen molar-refractivity contribution in [3.63, 3.8) is 0 Å². The van der Waals surface area contributed by atoms with E-state index in [2.05, 4.69) is 6.58 Å². The Morgan fingerprint density at radius 3 is 2.10 bits per heavy atom. The normalized spacial score (nSPS) is 26.0. The van der Waals surface area contributed by atoms with Crippen molar-refractivity contribution in [1.82, 2.24) is 4.31 Å². The van der Waals surface area contributed by atoms with E-state index in [0.717, 1.165) is 17.1 Å². The zero-order valence-electron chi connectivity index (χ0n) is 13.3. The van der Waals surface area contributed by atoms with Crippen LogP contribution in [0.5, 0.6) is 11.5 Å². The zero-order valence-corrected chi connectivity index (χ0v) is 14.1. The van der Waals surface area contributed by atoms with Gasteiger partial charge in [-0.05, 0) is 38.5 Å². The third-order valence-corrected chi connectivity index (χ3v) is 5.38. The van der Waals surface area contributed by atoms with Crippen molar-refractivity contribution in [1.29, 1.82) is 0 Å². The van der Waals surface area contributed by atoms with Gasteiger partial charge in [-0.3, -0.25) is 0 Å². The Labute approximate surface area is 129 Å². The van der Waals surface area contributed by atoms with E-state index in [1.807, 2.05) is 49.4 Å². The van der Waals surface area contributed by atoms with Crippen molar-refractivity contribution in [2.45, 2.75) is 37.6 Å². The summed E-state index contributed by atoms with van der Waals surface area (Å²) in [4.78, 5) is 0. The summed E-state index contributed by atoms with van der Waals surface area (Å²) in [5.74, 6) is 1.47. The zero-order chi connectivity index (χ0) is 15.8. The largest absolute Gasteiger partial charge is 0.497 e. The SMILES string of the molecule is C=C[C@H]1[C@H](c2cc(OC)cc(OC)c2)N1S(=O)C(C)(C)C. The summed E-state index contributed by atoms with van der Waals surface area (Å²) in [6.45, 7) is 9.79. The maximum atomic E-state index is 12.6. The molecule has 1 fully saturated rings. The van der Waals surface area contributed by atoms with Crippen molar-refractivity contribution < 1.29 is 13.7 Å². The maximum absolute atomic E-state index is 12.6. The topological polar surface area (TPSA) is 38.5 Å². The second kappa shape index (κ2) is 5.81. The van der Waals surface area contributed by atoms with Gasteiger partial charge in [-0.2, -0.15) is 0 Å². The first-order valence-corrected chi connectivity index (χ1v) is 8.00. The molecule has 21 heavy (non-hydrogen) atoms. The molecule has 2 rings (SSSR count). The molecule has 4 atom stereocenters. The lowest BCUT2D eigenvalue weighted by Gasteiger charge is -2.19. The van der Waals surface area contributed by atoms with Crippen molar-refractivity contribution in [3.05, 3.63) is 36.4 Å². The van der Waals surface area contributed by atoms with Crippen LogP contribution in [0, 0.1) is 0 Å². The molecule has 0 spiro atoms. The van der Waals surface area contributed by atoms with Crippen LogP contribution in [0.4, 0.5) is 0 Å². The van der Waals surface area contributed by atoms with Gasteiger partial charge < -0.3 is 9.47 Å². The molecule has 0 bridgehead atoms. The van der Waals surface area contributed by atoms with Gasteiger partial charge in [-0.25, -0.2) is 8.51 Å². The fourth-order valence-electron chi connectivity index (χ4n) is 2.34. The van der Waals surface area contributed by atoms with Crippen LogP contribution in [0.1, 0.15) is 32.4 Å². The lowest BCUT2D eigenvalue weighted by Crippen LogP contribution is -2.28. The fourth-order valence-corrected chi connectivity index (χ4v) is 3.79. The molecule has 0 aromatic heterocycles. The minimum atomic E-state index is -1.08. The van der Waals surface area contributed by atoms with Crippen LogP contribution < -0.4 is 9.47 Å². The summed E-state index contributed by atoms with van der Waals surface area (Å²) in [6.07, 6.45) is 1.85. The van der Waals surface area contributed by atoms with Crippen LogP contribution in [0.15, 0.2) is 30.9 Å². The Bertz CT molecular complexity index is 543. The first-order chi connectivity index (χ1) is 9.83. The van der Waals surface area contributed by atoms with E-state index in [1.54, 1.807) is 14.2 Å². The van der Waals surface area contributed by atoms with E-state index in [9.17, 15) is 4.21 Å². The van der Waals surface area contributed by atoms with E-state index >= 15 is 0 Å². The molecular formula is C16H23NO3S. The van der Waals surface area contributed by atoms with Gasteiger partial charge in [0.1, 0.15) is 22.5 Å². The van der Waals surface area contributed by atoms with Crippen molar-refractivity contribution in [2.24, 2.45) is 0 Å². The molecule has 0 aliphatic carbocycles. The maximum Gasteiger partial charge on any atom is 0.122 e. The second-order valence-corrected chi connectivity index (χ2v) is 8.18. The standard InChI is InChI=1S/C16H23NO3S/c1-7-14-15(17(14)21(18)16(2,3)4)11-8-12(19-5)10-13(9-11)20-6/h7-10,14-15H,1H2,2-6H3/t14-,15-,17?,21?/m0/s1. The number of benzene rings is 1. The third-order valence-electron chi connectivity index (χ3n) is 3.47. The first-order valence-electron chi connectivity index (χ1n) is 6.89. The highest BCUT2D eigenvalue weighted by Crippen LogP contribution is 2.48. The summed E-state index contributed by atoms with van der Waals surface area (Å²) in [5.41, 5.74) is 1.04. The van der Waals surface area contributed by atoms with E-state index in [1.165, 1.54) is 0 Å². The highest BCUT2D eigenvalue weighted by Gasteiger charge is 2.53. The van der Waals surface area contributed by atoms with Crippen molar-refractivity contribution in [3.8, 4) is 11.5 Å². The lowest BCUT2D eigenvalue weighted by atomic mass is 10.1. The minimum absolute atomic E-state index is 0.0616. The molecule has 0 saturated carbocycles. The van der Waals surface area contributed by atoms with Crippen molar-refractivity contribution in [2.75, 3.05) is 14.2 Å². The quantitative estimate of drug-likeness (QED) is 0.620. The molecule has 2 unspecified atom stereocenters. The average molecular weight is 309 g/mol. The molecule has 4 nitrogen and oxygen atoms in total. The molecule has 1 aliphatic rings. The molecule has 1 aromatic carbocycles. The van der Waals surface area contributed by atoms with Crippen LogP contribution in [-0.4, -0.2) is 33.5 Å². The Balaban J connectivity index is 2.34. The monoisotopic (exact) mass is 309 g/mol. The molecule has 1 aromatic rings. The van der Waals surface area contributed by atoms with Crippen molar-refractivity contribution >= 4 is 11.0 Å². The number of hydrogen-bond acceptors (Lipinski definition) is 3.